The summed E-state index contributed by atoms with van der Waals surface area (Å²) < 4.78 is 3.43. The summed E-state index contributed by atoms with van der Waals surface area (Å²) in [6.07, 6.45) is 7.16. The second kappa shape index (κ2) is 6.44. The smallest absolute Gasteiger partial charge is 0.259 e. The quantitative estimate of drug-likeness (QED) is 0.569. The van der Waals surface area contributed by atoms with E-state index in [1.165, 1.54) is 0 Å². The molecule has 0 saturated carbocycles. The second-order valence-corrected chi connectivity index (χ2v) is 6.14. The number of aryl methyl sites for hydroxylation is 1. The molecule has 0 aliphatic heterocycles. The van der Waals surface area contributed by atoms with Crippen molar-refractivity contribution < 1.29 is 4.79 Å². The summed E-state index contributed by atoms with van der Waals surface area (Å²) in [6.45, 7) is 2.28. The van der Waals surface area contributed by atoms with E-state index in [9.17, 15) is 4.79 Å². The Bertz CT molecular complexity index is 1070. The summed E-state index contributed by atoms with van der Waals surface area (Å²) in [4.78, 5) is 18.9. The van der Waals surface area contributed by atoms with Crippen LogP contribution in [0.25, 0.3) is 11.3 Å². The Hall–Kier alpha value is -3.48. The third-order valence-corrected chi connectivity index (χ3v) is 4.21. The van der Waals surface area contributed by atoms with Crippen LogP contribution in [0, 0.1) is 6.92 Å². The van der Waals surface area contributed by atoms with Gasteiger partial charge in [0.2, 0.25) is 0 Å². The molecule has 0 bridgehead atoms. The summed E-state index contributed by atoms with van der Waals surface area (Å²) in [5, 5.41) is 8.74. The molecule has 4 aromatic rings. The molecule has 4 rings (SSSR count). The van der Waals surface area contributed by atoms with Crippen molar-refractivity contribution in [3.63, 3.8) is 0 Å². The minimum absolute atomic E-state index is 0.108. The van der Waals surface area contributed by atoms with E-state index in [4.69, 9.17) is 0 Å². The lowest BCUT2D eigenvalue weighted by Crippen LogP contribution is -2.26. The second-order valence-electron chi connectivity index (χ2n) is 6.14. The molecule has 26 heavy (non-hydrogen) atoms. The largest absolute Gasteiger partial charge is 0.337 e. The number of benzene rings is 1. The zero-order chi connectivity index (χ0) is 18.1. The van der Waals surface area contributed by atoms with Gasteiger partial charge in [0, 0.05) is 37.7 Å². The highest BCUT2D eigenvalue weighted by Crippen LogP contribution is 2.16. The van der Waals surface area contributed by atoms with Crippen LogP contribution in [-0.2, 0) is 6.54 Å². The molecule has 7 heteroatoms. The number of carbonyl (C=O) groups is 1. The van der Waals surface area contributed by atoms with Gasteiger partial charge in [-0.2, -0.15) is 10.2 Å². The topological polar surface area (TPSA) is 68.3 Å². The number of nitrogens with zero attached hydrogens (tertiary/aromatic N) is 6. The maximum atomic E-state index is 12.9. The highest BCUT2D eigenvalue weighted by atomic mass is 16.2. The molecule has 0 fully saturated rings. The lowest BCUT2D eigenvalue weighted by Gasteiger charge is -2.15. The van der Waals surface area contributed by atoms with Crippen LogP contribution < -0.4 is 0 Å². The summed E-state index contributed by atoms with van der Waals surface area (Å²) in [5.74, 6) is -0.108. The lowest BCUT2D eigenvalue weighted by molar-refractivity contribution is 0.0786. The first-order chi connectivity index (χ1) is 12.6. The van der Waals surface area contributed by atoms with E-state index in [2.05, 4.69) is 15.2 Å². The standard InChI is InChI=1S/C19H18N6O/c1-14-17(18-20-9-6-10-24(18)22-14)19(26)23(2)12-15-11-21-25(13-15)16-7-4-3-5-8-16/h3-11,13H,12H2,1-2H3. The molecule has 1 aromatic carbocycles. The molecule has 0 spiro atoms. The molecule has 0 aliphatic rings. The van der Waals surface area contributed by atoms with Crippen LogP contribution in [0.5, 0.6) is 0 Å². The first-order valence-electron chi connectivity index (χ1n) is 8.28. The minimum Gasteiger partial charge on any atom is -0.337 e. The third kappa shape index (κ3) is 2.83. The fourth-order valence-electron chi connectivity index (χ4n) is 2.95. The van der Waals surface area contributed by atoms with Crippen molar-refractivity contribution in [2.75, 3.05) is 7.05 Å². The number of amides is 1. The number of hydrogen-bond donors (Lipinski definition) is 0. The first kappa shape index (κ1) is 16.0. The van der Waals surface area contributed by atoms with Crippen molar-refractivity contribution in [2.24, 2.45) is 0 Å². The molecular weight excluding hydrogens is 328 g/mol. The number of para-hydroxylation sites is 1. The van der Waals surface area contributed by atoms with E-state index in [0.29, 0.717) is 23.4 Å². The molecule has 1 amide bonds. The van der Waals surface area contributed by atoms with Crippen LogP contribution in [0.2, 0.25) is 0 Å². The van der Waals surface area contributed by atoms with Gasteiger partial charge in [0.05, 0.1) is 17.6 Å². The Morgan fingerprint density at radius 1 is 1.19 bits per heavy atom. The first-order valence-corrected chi connectivity index (χ1v) is 8.28. The normalized spacial score (nSPS) is 11.0. The third-order valence-electron chi connectivity index (χ3n) is 4.21. The van der Waals surface area contributed by atoms with Gasteiger partial charge < -0.3 is 4.90 Å². The zero-order valence-electron chi connectivity index (χ0n) is 14.6. The van der Waals surface area contributed by atoms with Gasteiger partial charge in [0.15, 0.2) is 5.65 Å². The molecule has 0 N–H and O–H groups in total. The van der Waals surface area contributed by atoms with E-state index >= 15 is 0 Å². The number of rotatable bonds is 4. The van der Waals surface area contributed by atoms with Gasteiger partial charge in [-0.3, -0.25) is 4.79 Å². The fourth-order valence-corrected chi connectivity index (χ4v) is 2.95. The average Bonchev–Trinajstić information content (AvgIpc) is 3.25. The minimum atomic E-state index is -0.108. The Kier molecular flexibility index (Phi) is 3.96. The predicted molar refractivity (Wildman–Crippen MR) is 97.1 cm³/mol. The molecule has 0 atom stereocenters. The molecule has 3 aromatic heterocycles. The van der Waals surface area contributed by atoms with Crippen molar-refractivity contribution in [3.8, 4) is 5.69 Å². The van der Waals surface area contributed by atoms with Gasteiger partial charge >= 0.3 is 0 Å². The molecule has 0 saturated heterocycles. The Morgan fingerprint density at radius 2 is 2.00 bits per heavy atom. The molecule has 7 nitrogen and oxygen atoms in total. The van der Waals surface area contributed by atoms with Gasteiger partial charge in [-0.1, -0.05) is 18.2 Å². The zero-order valence-corrected chi connectivity index (χ0v) is 14.6. The van der Waals surface area contributed by atoms with E-state index in [1.807, 2.05) is 43.5 Å². The average molecular weight is 346 g/mol. The van der Waals surface area contributed by atoms with Gasteiger partial charge in [-0.15, -0.1) is 0 Å². The predicted octanol–water partition coefficient (Wildman–Crippen LogP) is 2.50. The SMILES string of the molecule is Cc1nn2cccnc2c1C(=O)N(C)Cc1cnn(-c2ccccc2)c1. The summed E-state index contributed by atoms with van der Waals surface area (Å²) in [6, 6.07) is 11.7. The maximum Gasteiger partial charge on any atom is 0.259 e. The Labute approximate surface area is 150 Å². The van der Waals surface area contributed by atoms with Gasteiger partial charge in [0.25, 0.3) is 5.91 Å². The highest BCUT2D eigenvalue weighted by molar-refractivity contribution is 6.00. The van der Waals surface area contributed by atoms with Crippen LogP contribution in [0.1, 0.15) is 21.6 Å². The van der Waals surface area contributed by atoms with Crippen molar-refractivity contribution >= 4 is 11.6 Å². The molecule has 0 radical (unpaired) electrons. The number of carbonyl (C=O) groups excluding carboxylic acids is 1. The van der Waals surface area contributed by atoms with Gasteiger partial charge in [-0.05, 0) is 25.1 Å². The monoisotopic (exact) mass is 346 g/mol. The maximum absolute atomic E-state index is 12.9. The van der Waals surface area contributed by atoms with E-state index in [0.717, 1.165) is 11.3 Å². The van der Waals surface area contributed by atoms with Crippen molar-refractivity contribution in [1.82, 2.24) is 29.3 Å². The van der Waals surface area contributed by atoms with Crippen molar-refractivity contribution in [3.05, 3.63) is 78.0 Å². The van der Waals surface area contributed by atoms with Crippen LogP contribution >= 0.6 is 0 Å². The van der Waals surface area contributed by atoms with E-state index in [-0.39, 0.29) is 5.91 Å². The molecule has 3 heterocycles. The summed E-state index contributed by atoms with van der Waals surface area (Å²) >= 11 is 0. The van der Waals surface area contributed by atoms with Crippen LogP contribution in [0.15, 0.2) is 61.2 Å². The van der Waals surface area contributed by atoms with E-state index < -0.39 is 0 Å². The van der Waals surface area contributed by atoms with E-state index in [1.54, 1.807) is 45.8 Å². The molecule has 0 aliphatic carbocycles. The van der Waals surface area contributed by atoms with Crippen LogP contribution in [0.3, 0.4) is 0 Å². The number of fused-ring (bicyclic) bond motifs is 1. The number of hydrogen-bond acceptors (Lipinski definition) is 4. The Balaban J connectivity index is 1.56. The molecular formula is C19H18N6O. The molecule has 0 unspecified atom stereocenters. The summed E-state index contributed by atoms with van der Waals surface area (Å²) in [7, 11) is 1.77. The van der Waals surface area contributed by atoms with Gasteiger partial charge in [0.1, 0.15) is 5.56 Å². The lowest BCUT2D eigenvalue weighted by atomic mass is 10.2. The van der Waals surface area contributed by atoms with Crippen LogP contribution in [-0.4, -0.2) is 42.2 Å². The Morgan fingerprint density at radius 3 is 2.81 bits per heavy atom. The summed E-state index contributed by atoms with van der Waals surface area (Å²) in [5.41, 5.74) is 3.70. The number of aromatic nitrogens is 5. The fraction of sp³-hybridized carbons (Fsp3) is 0.158. The van der Waals surface area contributed by atoms with Crippen molar-refractivity contribution in [1.29, 1.82) is 0 Å². The molecule has 130 valence electrons. The van der Waals surface area contributed by atoms with Crippen LogP contribution in [0.4, 0.5) is 0 Å². The highest BCUT2D eigenvalue weighted by Gasteiger charge is 2.21. The van der Waals surface area contributed by atoms with Crippen molar-refractivity contribution in [2.45, 2.75) is 13.5 Å². The van der Waals surface area contributed by atoms with Gasteiger partial charge in [-0.25, -0.2) is 14.2 Å².